The van der Waals surface area contributed by atoms with Crippen LogP contribution in [0, 0.1) is 5.92 Å². The smallest absolute Gasteiger partial charge is 0.106 e. The molecule has 0 aliphatic carbocycles. The van der Waals surface area contributed by atoms with E-state index in [2.05, 4.69) is 45.0 Å². The van der Waals surface area contributed by atoms with E-state index in [-0.39, 0.29) is 0 Å². The summed E-state index contributed by atoms with van der Waals surface area (Å²) in [5, 5.41) is 0. The standard InChI is InChI=1S/C13H19BrN2/c1-16-8-3-4-11(7-9-16)10-12-5-2-6-13(14)15-12/h2,5-6,11H,3-4,7-10H2,1H3/t11-/m0/s1. The van der Waals surface area contributed by atoms with Gasteiger partial charge in [-0.1, -0.05) is 6.07 Å². The van der Waals surface area contributed by atoms with E-state index in [0.717, 1.165) is 16.9 Å². The van der Waals surface area contributed by atoms with Crippen LogP contribution in [-0.2, 0) is 6.42 Å². The minimum Gasteiger partial charge on any atom is -0.306 e. The van der Waals surface area contributed by atoms with E-state index in [1.165, 1.54) is 38.0 Å². The summed E-state index contributed by atoms with van der Waals surface area (Å²) in [6, 6.07) is 6.21. The van der Waals surface area contributed by atoms with Crippen molar-refractivity contribution in [2.45, 2.75) is 25.7 Å². The number of hydrogen-bond donors (Lipinski definition) is 0. The summed E-state index contributed by atoms with van der Waals surface area (Å²) in [5.41, 5.74) is 1.23. The van der Waals surface area contributed by atoms with Crippen LogP contribution in [-0.4, -0.2) is 30.0 Å². The van der Waals surface area contributed by atoms with Gasteiger partial charge in [-0.3, -0.25) is 0 Å². The van der Waals surface area contributed by atoms with Crippen LogP contribution in [0.3, 0.4) is 0 Å². The highest BCUT2D eigenvalue weighted by Crippen LogP contribution is 2.21. The summed E-state index contributed by atoms with van der Waals surface area (Å²) in [5.74, 6) is 0.812. The van der Waals surface area contributed by atoms with Gasteiger partial charge in [-0.05, 0) is 79.8 Å². The number of rotatable bonds is 2. The van der Waals surface area contributed by atoms with Gasteiger partial charge in [-0.25, -0.2) is 4.98 Å². The average molecular weight is 283 g/mol. The molecule has 1 aromatic heterocycles. The second kappa shape index (κ2) is 5.78. The zero-order valence-corrected chi connectivity index (χ0v) is 11.4. The molecule has 1 aliphatic heterocycles. The van der Waals surface area contributed by atoms with Crippen LogP contribution in [0.1, 0.15) is 25.0 Å². The van der Waals surface area contributed by atoms with Gasteiger partial charge in [-0.15, -0.1) is 0 Å². The Morgan fingerprint density at radius 3 is 3.06 bits per heavy atom. The van der Waals surface area contributed by atoms with Crippen LogP contribution in [0.2, 0.25) is 0 Å². The van der Waals surface area contributed by atoms with Gasteiger partial charge in [0.05, 0.1) is 0 Å². The molecule has 3 heteroatoms. The molecular formula is C13H19BrN2. The summed E-state index contributed by atoms with van der Waals surface area (Å²) in [6.45, 7) is 2.49. The van der Waals surface area contributed by atoms with E-state index >= 15 is 0 Å². The number of aromatic nitrogens is 1. The molecule has 0 N–H and O–H groups in total. The molecular weight excluding hydrogens is 264 g/mol. The van der Waals surface area contributed by atoms with Crippen molar-refractivity contribution in [3.8, 4) is 0 Å². The normalized spacial score (nSPS) is 23.0. The lowest BCUT2D eigenvalue weighted by Gasteiger charge is -2.14. The lowest BCUT2D eigenvalue weighted by Crippen LogP contribution is -2.19. The highest BCUT2D eigenvalue weighted by Gasteiger charge is 2.15. The first kappa shape index (κ1) is 12.1. The van der Waals surface area contributed by atoms with Gasteiger partial charge in [0.15, 0.2) is 0 Å². The molecule has 1 fully saturated rings. The van der Waals surface area contributed by atoms with Gasteiger partial charge in [0.2, 0.25) is 0 Å². The fourth-order valence-corrected chi connectivity index (χ4v) is 2.75. The third-order valence-electron chi connectivity index (χ3n) is 3.34. The average Bonchev–Trinajstić information content (AvgIpc) is 2.44. The van der Waals surface area contributed by atoms with Crippen molar-refractivity contribution in [2.24, 2.45) is 5.92 Å². The van der Waals surface area contributed by atoms with Gasteiger partial charge < -0.3 is 4.90 Å². The van der Waals surface area contributed by atoms with E-state index in [4.69, 9.17) is 0 Å². The van der Waals surface area contributed by atoms with Gasteiger partial charge >= 0.3 is 0 Å². The Hall–Kier alpha value is -0.410. The molecule has 0 bridgehead atoms. The second-order valence-electron chi connectivity index (χ2n) is 4.76. The molecule has 0 spiro atoms. The van der Waals surface area contributed by atoms with Crippen LogP contribution < -0.4 is 0 Å². The molecule has 1 atom stereocenters. The monoisotopic (exact) mass is 282 g/mol. The first-order valence-corrected chi connectivity index (χ1v) is 6.83. The maximum absolute atomic E-state index is 4.52. The van der Waals surface area contributed by atoms with Crippen LogP contribution >= 0.6 is 15.9 Å². The van der Waals surface area contributed by atoms with Gasteiger partial charge in [0, 0.05) is 5.69 Å². The Morgan fingerprint density at radius 2 is 2.25 bits per heavy atom. The van der Waals surface area contributed by atoms with Crippen molar-refractivity contribution in [1.82, 2.24) is 9.88 Å². The molecule has 0 unspecified atom stereocenters. The fourth-order valence-electron chi connectivity index (χ4n) is 2.37. The van der Waals surface area contributed by atoms with Crippen LogP contribution in [0.25, 0.3) is 0 Å². The molecule has 1 saturated heterocycles. The second-order valence-corrected chi connectivity index (χ2v) is 5.57. The maximum atomic E-state index is 4.52. The zero-order valence-electron chi connectivity index (χ0n) is 9.82. The third kappa shape index (κ3) is 3.56. The van der Waals surface area contributed by atoms with Crippen LogP contribution in [0.4, 0.5) is 0 Å². The van der Waals surface area contributed by atoms with E-state index in [1.54, 1.807) is 0 Å². The quantitative estimate of drug-likeness (QED) is 0.775. The van der Waals surface area contributed by atoms with Crippen molar-refractivity contribution in [2.75, 3.05) is 20.1 Å². The van der Waals surface area contributed by atoms with Crippen molar-refractivity contribution < 1.29 is 0 Å². The highest BCUT2D eigenvalue weighted by atomic mass is 79.9. The molecule has 2 nitrogen and oxygen atoms in total. The SMILES string of the molecule is CN1CCC[C@H](Cc2cccc(Br)n2)CC1. The molecule has 1 aliphatic rings. The summed E-state index contributed by atoms with van der Waals surface area (Å²) >= 11 is 3.43. The Balaban J connectivity index is 1.93. The molecule has 0 aromatic carbocycles. The van der Waals surface area contributed by atoms with E-state index in [1.807, 2.05) is 6.07 Å². The first-order chi connectivity index (χ1) is 7.74. The molecule has 16 heavy (non-hydrogen) atoms. The van der Waals surface area contributed by atoms with E-state index < -0.39 is 0 Å². The Labute approximate surface area is 106 Å². The molecule has 0 radical (unpaired) electrons. The number of halogens is 1. The van der Waals surface area contributed by atoms with Gasteiger partial charge in [0.25, 0.3) is 0 Å². The number of pyridine rings is 1. The largest absolute Gasteiger partial charge is 0.306 e. The number of likely N-dealkylation sites (tertiary alicyclic amines) is 1. The topological polar surface area (TPSA) is 16.1 Å². The van der Waals surface area contributed by atoms with Gasteiger partial charge in [-0.2, -0.15) is 0 Å². The Bertz CT molecular complexity index is 340. The summed E-state index contributed by atoms with van der Waals surface area (Å²) < 4.78 is 0.954. The maximum Gasteiger partial charge on any atom is 0.106 e. The zero-order chi connectivity index (χ0) is 11.4. The van der Waals surface area contributed by atoms with E-state index in [9.17, 15) is 0 Å². The predicted octanol–water partition coefficient (Wildman–Crippen LogP) is 3.12. The van der Waals surface area contributed by atoms with E-state index in [0.29, 0.717) is 0 Å². The molecule has 88 valence electrons. The molecule has 1 aromatic rings. The van der Waals surface area contributed by atoms with Crippen molar-refractivity contribution in [1.29, 1.82) is 0 Å². The molecule has 2 heterocycles. The molecule has 2 rings (SSSR count). The minimum atomic E-state index is 0.812. The van der Waals surface area contributed by atoms with Gasteiger partial charge in [0.1, 0.15) is 4.60 Å². The van der Waals surface area contributed by atoms with Crippen LogP contribution in [0.5, 0.6) is 0 Å². The summed E-state index contributed by atoms with van der Waals surface area (Å²) in [6.07, 6.45) is 5.12. The first-order valence-electron chi connectivity index (χ1n) is 6.04. The Morgan fingerprint density at radius 1 is 1.38 bits per heavy atom. The summed E-state index contributed by atoms with van der Waals surface area (Å²) in [4.78, 5) is 6.96. The number of nitrogens with zero attached hydrogens (tertiary/aromatic N) is 2. The molecule has 0 amide bonds. The minimum absolute atomic E-state index is 0.812. The van der Waals surface area contributed by atoms with Crippen molar-refractivity contribution in [3.63, 3.8) is 0 Å². The van der Waals surface area contributed by atoms with Crippen molar-refractivity contribution >= 4 is 15.9 Å². The third-order valence-corrected chi connectivity index (χ3v) is 3.78. The number of hydrogen-bond acceptors (Lipinski definition) is 2. The fraction of sp³-hybridized carbons (Fsp3) is 0.615. The summed E-state index contributed by atoms with van der Waals surface area (Å²) in [7, 11) is 2.22. The van der Waals surface area contributed by atoms with Crippen molar-refractivity contribution in [3.05, 3.63) is 28.5 Å². The van der Waals surface area contributed by atoms with Crippen LogP contribution in [0.15, 0.2) is 22.8 Å². The lowest BCUT2D eigenvalue weighted by atomic mass is 9.95. The Kier molecular flexibility index (Phi) is 4.36. The predicted molar refractivity (Wildman–Crippen MR) is 70.5 cm³/mol. The lowest BCUT2D eigenvalue weighted by molar-refractivity contribution is 0.341. The highest BCUT2D eigenvalue weighted by molar-refractivity contribution is 9.10. The molecule has 0 saturated carbocycles.